The Balaban J connectivity index is 2.53. The van der Waals surface area contributed by atoms with Crippen LogP contribution in [0.25, 0.3) is 0 Å². The fraction of sp³-hybridized carbons (Fsp3) is 1.00. The first-order valence-corrected chi connectivity index (χ1v) is 4.18. The number of halogens is 1. The van der Waals surface area contributed by atoms with Crippen molar-refractivity contribution in [3.63, 3.8) is 0 Å². The highest BCUT2D eigenvalue weighted by molar-refractivity contribution is 4.89. The lowest BCUT2D eigenvalue weighted by molar-refractivity contribution is 0.00714. The van der Waals surface area contributed by atoms with E-state index in [4.69, 9.17) is 4.74 Å². The smallest absolute Gasteiger partial charge is 0.154 e. The normalized spacial score (nSPS) is 44.7. The molecular formula is C8H15FO2. The van der Waals surface area contributed by atoms with Gasteiger partial charge in [-0.15, -0.1) is 0 Å². The Morgan fingerprint density at radius 2 is 1.82 bits per heavy atom. The molecule has 0 aromatic rings. The highest BCUT2D eigenvalue weighted by Crippen LogP contribution is 2.27. The summed E-state index contributed by atoms with van der Waals surface area (Å²) in [6.07, 6.45) is -1.48. The van der Waals surface area contributed by atoms with Gasteiger partial charge in [-0.2, -0.15) is 0 Å². The predicted octanol–water partition coefficient (Wildman–Crippen LogP) is 1.27. The molecule has 1 heterocycles. The Morgan fingerprint density at radius 3 is 2.09 bits per heavy atom. The number of rotatable bonds is 2. The van der Waals surface area contributed by atoms with Crippen LogP contribution >= 0.6 is 0 Å². The summed E-state index contributed by atoms with van der Waals surface area (Å²) in [5.74, 6) is 0. The zero-order chi connectivity index (χ0) is 8.43. The van der Waals surface area contributed by atoms with Crippen molar-refractivity contribution in [3.8, 4) is 0 Å². The molecule has 4 atom stereocenters. The summed E-state index contributed by atoms with van der Waals surface area (Å²) in [5, 5.41) is 9.26. The minimum atomic E-state index is -1.19. The summed E-state index contributed by atoms with van der Waals surface area (Å²) >= 11 is 0. The Kier molecular flexibility index (Phi) is 2.84. The van der Waals surface area contributed by atoms with Crippen LogP contribution in [0.2, 0.25) is 0 Å². The second-order valence-electron chi connectivity index (χ2n) is 2.96. The van der Waals surface area contributed by atoms with Crippen molar-refractivity contribution in [3.05, 3.63) is 0 Å². The van der Waals surface area contributed by atoms with Crippen molar-refractivity contribution in [1.29, 1.82) is 0 Å². The number of hydrogen-bond donors (Lipinski definition) is 1. The maximum Gasteiger partial charge on any atom is 0.154 e. The van der Waals surface area contributed by atoms with Crippen LogP contribution in [0, 0.1) is 0 Å². The monoisotopic (exact) mass is 162 g/mol. The fourth-order valence-corrected chi connectivity index (χ4v) is 1.46. The lowest BCUT2D eigenvalue weighted by Crippen LogP contribution is -2.28. The molecule has 0 aromatic heterocycles. The predicted molar refractivity (Wildman–Crippen MR) is 40.1 cm³/mol. The van der Waals surface area contributed by atoms with Crippen molar-refractivity contribution >= 4 is 0 Å². The van der Waals surface area contributed by atoms with Crippen molar-refractivity contribution < 1.29 is 14.2 Å². The van der Waals surface area contributed by atoms with Crippen molar-refractivity contribution in [2.45, 2.75) is 51.2 Å². The first-order valence-electron chi connectivity index (χ1n) is 4.18. The van der Waals surface area contributed by atoms with Crippen LogP contribution in [-0.4, -0.2) is 29.6 Å². The van der Waals surface area contributed by atoms with Crippen LogP contribution in [-0.2, 0) is 4.74 Å². The molecular weight excluding hydrogens is 147 g/mol. The molecule has 1 aliphatic rings. The summed E-state index contributed by atoms with van der Waals surface area (Å²) in [5.41, 5.74) is 0. The molecule has 1 saturated heterocycles. The fourth-order valence-electron chi connectivity index (χ4n) is 1.46. The number of hydrogen-bond acceptors (Lipinski definition) is 2. The minimum Gasteiger partial charge on any atom is -0.387 e. The van der Waals surface area contributed by atoms with E-state index in [2.05, 4.69) is 0 Å². The average molecular weight is 162 g/mol. The third-order valence-corrected chi connectivity index (χ3v) is 2.22. The van der Waals surface area contributed by atoms with E-state index < -0.39 is 18.4 Å². The highest BCUT2D eigenvalue weighted by atomic mass is 19.1. The largest absolute Gasteiger partial charge is 0.387 e. The SMILES string of the molecule is CC[C@@H]1O[C@H](CC)[C@@H](O)[C@H]1F. The Morgan fingerprint density at radius 1 is 1.27 bits per heavy atom. The van der Waals surface area contributed by atoms with Crippen LogP contribution in [0.4, 0.5) is 4.39 Å². The molecule has 0 unspecified atom stereocenters. The molecule has 1 fully saturated rings. The van der Waals surface area contributed by atoms with Gasteiger partial charge in [-0.1, -0.05) is 13.8 Å². The van der Waals surface area contributed by atoms with Gasteiger partial charge in [-0.25, -0.2) is 4.39 Å². The molecule has 1 N–H and O–H groups in total. The molecule has 0 aliphatic carbocycles. The molecule has 0 radical (unpaired) electrons. The van der Waals surface area contributed by atoms with Gasteiger partial charge in [0.25, 0.3) is 0 Å². The Hall–Kier alpha value is -0.150. The molecule has 1 rings (SSSR count). The van der Waals surface area contributed by atoms with Gasteiger partial charge in [0.2, 0.25) is 0 Å². The first kappa shape index (κ1) is 8.94. The van der Waals surface area contributed by atoms with Crippen LogP contribution in [0.5, 0.6) is 0 Å². The standard InChI is InChI=1S/C8H15FO2/c1-3-5-7(9)8(10)6(4-2)11-5/h5-8,10H,3-4H2,1-2H3/t5-,6+,7-,8+/m0/s1. The highest BCUT2D eigenvalue weighted by Gasteiger charge is 2.41. The lowest BCUT2D eigenvalue weighted by atomic mass is 10.1. The molecule has 66 valence electrons. The van der Waals surface area contributed by atoms with Crippen LogP contribution in [0.1, 0.15) is 26.7 Å². The summed E-state index contributed by atoms with van der Waals surface area (Å²) in [6.45, 7) is 3.75. The van der Waals surface area contributed by atoms with E-state index in [-0.39, 0.29) is 6.10 Å². The number of alkyl halides is 1. The van der Waals surface area contributed by atoms with Crippen molar-refractivity contribution in [2.24, 2.45) is 0 Å². The summed E-state index contributed by atoms with van der Waals surface area (Å²) < 4.78 is 18.3. The topological polar surface area (TPSA) is 29.5 Å². The number of ether oxygens (including phenoxy) is 1. The Bertz CT molecular complexity index is 111. The first-order chi connectivity index (χ1) is 5.20. The molecule has 1 aliphatic heterocycles. The minimum absolute atomic E-state index is 0.296. The molecule has 0 aromatic carbocycles. The van der Waals surface area contributed by atoms with Gasteiger partial charge in [0, 0.05) is 0 Å². The van der Waals surface area contributed by atoms with Gasteiger partial charge in [-0.05, 0) is 12.8 Å². The molecule has 0 bridgehead atoms. The second-order valence-corrected chi connectivity index (χ2v) is 2.96. The summed E-state index contributed by atoms with van der Waals surface area (Å²) in [7, 11) is 0. The number of aliphatic hydroxyl groups excluding tert-OH is 1. The lowest BCUT2D eigenvalue weighted by Gasteiger charge is -2.09. The van der Waals surface area contributed by atoms with E-state index in [1.165, 1.54) is 0 Å². The molecule has 0 saturated carbocycles. The van der Waals surface area contributed by atoms with Gasteiger partial charge in [0.1, 0.15) is 6.10 Å². The van der Waals surface area contributed by atoms with E-state index >= 15 is 0 Å². The quantitative estimate of drug-likeness (QED) is 0.662. The van der Waals surface area contributed by atoms with Crippen LogP contribution < -0.4 is 0 Å². The van der Waals surface area contributed by atoms with E-state index in [9.17, 15) is 9.50 Å². The third kappa shape index (κ3) is 1.54. The van der Waals surface area contributed by atoms with E-state index in [0.717, 1.165) is 0 Å². The molecule has 0 spiro atoms. The van der Waals surface area contributed by atoms with E-state index in [1.807, 2.05) is 13.8 Å². The molecule has 0 amide bonds. The summed E-state index contributed by atoms with van der Waals surface area (Å²) in [6, 6.07) is 0. The maximum atomic E-state index is 13.0. The van der Waals surface area contributed by atoms with Crippen molar-refractivity contribution in [1.82, 2.24) is 0 Å². The molecule has 3 heteroatoms. The van der Waals surface area contributed by atoms with E-state index in [1.54, 1.807) is 0 Å². The molecule has 11 heavy (non-hydrogen) atoms. The van der Waals surface area contributed by atoms with Gasteiger partial charge >= 0.3 is 0 Å². The average Bonchev–Trinajstić information content (AvgIpc) is 2.30. The number of aliphatic hydroxyl groups is 1. The van der Waals surface area contributed by atoms with Gasteiger partial charge < -0.3 is 9.84 Å². The summed E-state index contributed by atoms with van der Waals surface area (Å²) in [4.78, 5) is 0. The zero-order valence-electron chi connectivity index (χ0n) is 6.96. The molecule has 2 nitrogen and oxygen atoms in total. The third-order valence-electron chi connectivity index (χ3n) is 2.22. The van der Waals surface area contributed by atoms with Crippen LogP contribution in [0.15, 0.2) is 0 Å². The zero-order valence-corrected chi connectivity index (χ0v) is 6.96. The van der Waals surface area contributed by atoms with Gasteiger partial charge in [0.15, 0.2) is 6.17 Å². The van der Waals surface area contributed by atoms with Gasteiger partial charge in [0.05, 0.1) is 12.2 Å². The van der Waals surface area contributed by atoms with Crippen molar-refractivity contribution in [2.75, 3.05) is 0 Å². The maximum absolute atomic E-state index is 13.0. The second kappa shape index (κ2) is 3.50. The Labute approximate surface area is 66.4 Å². The van der Waals surface area contributed by atoms with E-state index in [0.29, 0.717) is 12.8 Å². The van der Waals surface area contributed by atoms with Gasteiger partial charge in [-0.3, -0.25) is 0 Å². The van der Waals surface area contributed by atoms with Crippen LogP contribution in [0.3, 0.4) is 0 Å².